The third-order valence-electron chi connectivity index (χ3n) is 4.09. The third-order valence-corrected chi connectivity index (χ3v) is 5.35. The Morgan fingerprint density at radius 3 is 2.79 bits per heavy atom. The molecule has 2 aromatic carbocycles. The van der Waals surface area contributed by atoms with Gasteiger partial charge in [-0.15, -0.1) is 11.8 Å². The summed E-state index contributed by atoms with van der Waals surface area (Å²) < 4.78 is 5.94. The van der Waals surface area contributed by atoms with E-state index in [-0.39, 0.29) is 10.8 Å². The van der Waals surface area contributed by atoms with Crippen LogP contribution in [0.4, 0.5) is 0 Å². The van der Waals surface area contributed by atoms with Crippen LogP contribution >= 0.6 is 11.8 Å². The summed E-state index contributed by atoms with van der Waals surface area (Å²) in [6.45, 7) is 1.46. The van der Waals surface area contributed by atoms with E-state index in [2.05, 4.69) is 37.2 Å². The smallest absolute Gasteiger partial charge is 0.335 e. The van der Waals surface area contributed by atoms with Crippen molar-refractivity contribution in [1.29, 1.82) is 0 Å². The number of benzene rings is 2. The van der Waals surface area contributed by atoms with E-state index in [0.717, 1.165) is 23.4 Å². The summed E-state index contributed by atoms with van der Waals surface area (Å²) in [6, 6.07) is 13.5. The van der Waals surface area contributed by atoms with Gasteiger partial charge in [-0.2, -0.15) is 0 Å². The minimum absolute atomic E-state index is 0.154. The minimum atomic E-state index is -0.931. The topological polar surface area (TPSA) is 49.8 Å². The van der Waals surface area contributed by atoms with Gasteiger partial charge in [-0.05, 0) is 37.4 Å². The molecular weight excluding hydrogens is 322 g/mol. The molecule has 3 rings (SSSR count). The molecule has 4 nitrogen and oxygen atoms in total. The standard InChI is InChI=1S/C19H21NO3S/c1-20(2)9-10-24-18-15-6-4-3-5-14(15)12-23-17-11-13(19(21)22)7-8-16(17)18/h3-8,11,18H,9-10,12H2,1-2H3,(H,21,22). The zero-order valence-corrected chi connectivity index (χ0v) is 14.7. The van der Waals surface area contributed by atoms with Crippen LogP contribution in [0.3, 0.4) is 0 Å². The van der Waals surface area contributed by atoms with E-state index >= 15 is 0 Å². The quantitative estimate of drug-likeness (QED) is 0.898. The van der Waals surface area contributed by atoms with Gasteiger partial charge in [0.25, 0.3) is 0 Å². The first kappa shape index (κ1) is 16.9. The molecule has 0 bridgehead atoms. The Balaban J connectivity index is 1.99. The molecule has 1 aliphatic heterocycles. The summed E-state index contributed by atoms with van der Waals surface area (Å²) in [5.41, 5.74) is 3.72. The molecule has 1 N–H and O–H groups in total. The van der Waals surface area contributed by atoms with E-state index in [9.17, 15) is 9.90 Å². The molecule has 1 atom stereocenters. The predicted octanol–water partition coefficient (Wildman–Crippen LogP) is 3.66. The lowest BCUT2D eigenvalue weighted by molar-refractivity contribution is 0.0696. The van der Waals surface area contributed by atoms with Crippen molar-refractivity contribution in [3.63, 3.8) is 0 Å². The number of fused-ring (bicyclic) bond motifs is 2. The molecule has 0 radical (unpaired) electrons. The van der Waals surface area contributed by atoms with Crippen LogP contribution in [0, 0.1) is 0 Å². The summed E-state index contributed by atoms with van der Waals surface area (Å²) in [4.78, 5) is 13.4. The van der Waals surface area contributed by atoms with Crippen molar-refractivity contribution < 1.29 is 14.6 Å². The SMILES string of the molecule is CN(C)CCSC1c2ccccc2COc2cc(C(=O)O)ccc21. The summed E-state index contributed by atoms with van der Waals surface area (Å²) in [7, 11) is 4.13. The lowest BCUT2D eigenvalue weighted by Gasteiger charge is -2.20. The van der Waals surface area contributed by atoms with Crippen molar-refractivity contribution in [2.24, 2.45) is 0 Å². The molecule has 0 aromatic heterocycles. The van der Waals surface area contributed by atoms with Crippen LogP contribution in [0.5, 0.6) is 5.75 Å². The van der Waals surface area contributed by atoms with E-state index in [1.165, 1.54) is 5.56 Å². The zero-order chi connectivity index (χ0) is 17.1. The van der Waals surface area contributed by atoms with Crippen molar-refractivity contribution in [1.82, 2.24) is 4.90 Å². The average molecular weight is 343 g/mol. The Bertz CT molecular complexity index is 745. The molecule has 1 unspecified atom stereocenters. The summed E-state index contributed by atoms with van der Waals surface area (Å²) in [5.74, 6) is 0.736. The maximum atomic E-state index is 11.3. The van der Waals surface area contributed by atoms with Gasteiger partial charge in [-0.1, -0.05) is 30.3 Å². The molecular formula is C19H21NO3S. The number of carbonyl (C=O) groups is 1. The van der Waals surface area contributed by atoms with Crippen LogP contribution in [0.25, 0.3) is 0 Å². The van der Waals surface area contributed by atoms with E-state index < -0.39 is 5.97 Å². The summed E-state index contributed by atoms with van der Waals surface area (Å²) in [6.07, 6.45) is 0. The predicted molar refractivity (Wildman–Crippen MR) is 97.0 cm³/mol. The van der Waals surface area contributed by atoms with Gasteiger partial charge in [0.15, 0.2) is 0 Å². The van der Waals surface area contributed by atoms with Crippen molar-refractivity contribution in [2.45, 2.75) is 11.9 Å². The second-order valence-corrected chi connectivity index (χ2v) is 7.31. The van der Waals surface area contributed by atoms with Crippen molar-refractivity contribution in [3.05, 3.63) is 64.7 Å². The second kappa shape index (κ2) is 7.28. The monoisotopic (exact) mass is 343 g/mol. The number of rotatable bonds is 5. The maximum Gasteiger partial charge on any atom is 0.335 e. The zero-order valence-electron chi connectivity index (χ0n) is 13.9. The van der Waals surface area contributed by atoms with E-state index in [0.29, 0.717) is 12.4 Å². The number of aromatic carboxylic acids is 1. The van der Waals surface area contributed by atoms with Crippen molar-refractivity contribution in [2.75, 3.05) is 26.4 Å². The van der Waals surface area contributed by atoms with Crippen molar-refractivity contribution in [3.8, 4) is 5.75 Å². The first-order valence-corrected chi connectivity index (χ1v) is 8.95. The highest BCUT2D eigenvalue weighted by atomic mass is 32.2. The highest BCUT2D eigenvalue weighted by molar-refractivity contribution is 7.99. The number of hydrogen-bond donors (Lipinski definition) is 1. The highest BCUT2D eigenvalue weighted by Crippen LogP contribution is 2.44. The second-order valence-electron chi connectivity index (χ2n) is 6.10. The van der Waals surface area contributed by atoms with E-state index in [1.807, 2.05) is 23.9 Å². The van der Waals surface area contributed by atoms with Gasteiger partial charge in [0.05, 0.1) is 10.8 Å². The van der Waals surface area contributed by atoms with Gasteiger partial charge < -0.3 is 14.7 Å². The Morgan fingerprint density at radius 1 is 1.25 bits per heavy atom. The summed E-state index contributed by atoms with van der Waals surface area (Å²) in [5, 5.41) is 9.39. The number of hydrogen-bond acceptors (Lipinski definition) is 4. The number of carboxylic acids is 1. The van der Waals surface area contributed by atoms with Gasteiger partial charge in [-0.25, -0.2) is 4.79 Å². The van der Waals surface area contributed by atoms with E-state index in [1.54, 1.807) is 12.1 Å². The molecule has 1 aliphatic rings. The molecule has 5 heteroatoms. The molecule has 1 heterocycles. The molecule has 0 saturated carbocycles. The molecule has 24 heavy (non-hydrogen) atoms. The molecule has 0 fully saturated rings. The fourth-order valence-electron chi connectivity index (χ4n) is 2.79. The van der Waals surface area contributed by atoms with Crippen molar-refractivity contribution >= 4 is 17.7 Å². The first-order valence-electron chi connectivity index (χ1n) is 7.90. The average Bonchev–Trinajstić information content (AvgIpc) is 2.71. The summed E-state index contributed by atoms with van der Waals surface area (Å²) >= 11 is 1.87. The van der Waals surface area contributed by atoms with Gasteiger partial charge in [0.1, 0.15) is 12.4 Å². The third kappa shape index (κ3) is 3.57. The van der Waals surface area contributed by atoms with Gasteiger partial charge >= 0.3 is 5.97 Å². The van der Waals surface area contributed by atoms with Crippen LogP contribution in [0.2, 0.25) is 0 Å². The van der Waals surface area contributed by atoms with Crippen LogP contribution in [0.1, 0.15) is 32.3 Å². The van der Waals surface area contributed by atoms with Gasteiger partial charge in [-0.3, -0.25) is 0 Å². The number of carboxylic acid groups (broad SMARTS) is 1. The van der Waals surface area contributed by atoms with Crippen LogP contribution < -0.4 is 4.74 Å². The minimum Gasteiger partial charge on any atom is -0.489 e. The Hall–Kier alpha value is -1.98. The lowest BCUT2D eigenvalue weighted by atomic mass is 9.99. The van der Waals surface area contributed by atoms with Crippen LogP contribution in [-0.2, 0) is 6.61 Å². The largest absolute Gasteiger partial charge is 0.489 e. The Morgan fingerprint density at radius 2 is 2.04 bits per heavy atom. The molecule has 2 aromatic rings. The Kier molecular flexibility index (Phi) is 5.11. The van der Waals surface area contributed by atoms with Gasteiger partial charge in [0.2, 0.25) is 0 Å². The molecule has 126 valence electrons. The van der Waals surface area contributed by atoms with Gasteiger partial charge in [0, 0.05) is 17.9 Å². The molecule has 0 saturated heterocycles. The fraction of sp³-hybridized carbons (Fsp3) is 0.316. The van der Waals surface area contributed by atoms with Crippen LogP contribution in [-0.4, -0.2) is 42.4 Å². The number of ether oxygens (including phenoxy) is 1. The molecule has 0 amide bonds. The van der Waals surface area contributed by atoms with E-state index in [4.69, 9.17) is 4.74 Å². The lowest BCUT2D eigenvalue weighted by Crippen LogP contribution is -2.15. The molecule has 0 aliphatic carbocycles. The van der Waals surface area contributed by atoms with Crippen LogP contribution in [0.15, 0.2) is 42.5 Å². The Labute approximate surface area is 146 Å². The maximum absolute atomic E-state index is 11.3. The highest BCUT2D eigenvalue weighted by Gasteiger charge is 2.25. The first-order chi connectivity index (χ1) is 11.6. The number of thioether (sulfide) groups is 1. The fourth-order valence-corrected chi connectivity index (χ4v) is 4.28. The molecule has 0 spiro atoms. The number of nitrogens with zero attached hydrogens (tertiary/aromatic N) is 1. The normalized spacial score (nSPS) is 16.0.